The van der Waals surface area contributed by atoms with Crippen molar-refractivity contribution in [2.45, 2.75) is 36.6 Å². The highest BCUT2D eigenvalue weighted by molar-refractivity contribution is 7.89. The third-order valence-electron chi connectivity index (χ3n) is 3.91. The largest absolute Gasteiger partial charge is 0.381 e. The lowest BCUT2D eigenvalue weighted by molar-refractivity contribution is 0.0662. The molecule has 1 fully saturated rings. The lowest BCUT2D eigenvalue weighted by Crippen LogP contribution is -2.27. The predicted molar refractivity (Wildman–Crippen MR) is 87.0 cm³/mol. The fraction of sp³-hybridized carbons (Fsp3) is 0.571. The molecule has 9 heteroatoms. The summed E-state index contributed by atoms with van der Waals surface area (Å²) in [5.74, 6) is 0.0373. The van der Waals surface area contributed by atoms with Crippen molar-refractivity contribution in [1.82, 2.24) is 19.5 Å². The summed E-state index contributed by atoms with van der Waals surface area (Å²) in [5, 5.41) is 7.02. The zero-order chi connectivity index (χ0) is 16.3. The summed E-state index contributed by atoms with van der Waals surface area (Å²) in [7, 11) is -3.55. The van der Waals surface area contributed by atoms with Crippen molar-refractivity contribution in [2.24, 2.45) is 0 Å². The van der Waals surface area contributed by atoms with Crippen molar-refractivity contribution in [1.29, 1.82) is 0 Å². The van der Waals surface area contributed by atoms with E-state index < -0.39 is 10.0 Å². The normalized spacial score (nSPS) is 18.1. The van der Waals surface area contributed by atoms with Gasteiger partial charge in [-0.15, -0.1) is 11.3 Å². The van der Waals surface area contributed by atoms with Gasteiger partial charge in [0.25, 0.3) is 0 Å². The van der Waals surface area contributed by atoms with Gasteiger partial charge >= 0.3 is 0 Å². The summed E-state index contributed by atoms with van der Waals surface area (Å²) in [6.45, 7) is 3.65. The number of hydrogen-bond donors (Lipinski definition) is 1. The topological polar surface area (TPSA) is 86.1 Å². The van der Waals surface area contributed by atoms with E-state index in [4.69, 9.17) is 4.74 Å². The van der Waals surface area contributed by atoms with Crippen molar-refractivity contribution in [3.8, 4) is 0 Å². The second-order valence-corrected chi connectivity index (χ2v) is 8.32. The third-order valence-corrected chi connectivity index (χ3v) is 6.29. The maximum atomic E-state index is 12.4. The van der Waals surface area contributed by atoms with Crippen LogP contribution in [0, 0.1) is 0 Å². The molecular weight excluding hydrogens is 336 g/mol. The Balaban J connectivity index is 1.64. The van der Waals surface area contributed by atoms with Gasteiger partial charge in [-0.1, -0.05) is 6.92 Å². The van der Waals surface area contributed by atoms with Crippen LogP contribution in [-0.4, -0.2) is 42.9 Å². The first-order valence-corrected chi connectivity index (χ1v) is 9.93. The Labute approximate surface area is 139 Å². The Bertz CT molecular complexity index is 721. The summed E-state index contributed by atoms with van der Waals surface area (Å²) < 4.78 is 34.5. The number of nitrogens with one attached hydrogen (secondary N) is 1. The monoisotopic (exact) mass is 356 g/mol. The molecule has 3 heterocycles. The first-order chi connectivity index (χ1) is 11.1. The van der Waals surface area contributed by atoms with Gasteiger partial charge in [-0.3, -0.25) is 4.68 Å². The van der Waals surface area contributed by atoms with Crippen LogP contribution in [-0.2, 0) is 14.8 Å². The molecule has 0 bridgehead atoms. The molecule has 0 radical (unpaired) electrons. The van der Waals surface area contributed by atoms with E-state index in [1.54, 1.807) is 17.1 Å². The summed E-state index contributed by atoms with van der Waals surface area (Å²) in [5.41, 5.74) is 0. The molecule has 1 N–H and O–H groups in total. The maximum Gasteiger partial charge on any atom is 0.243 e. The Morgan fingerprint density at radius 1 is 1.48 bits per heavy atom. The Morgan fingerprint density at radius 3 is 2.96 bits per heavy atom. The quantitative estimate of drug-likeness (QED) is 0.852. The molecule has 0 aliphatic carbocycles. The predicted octanol–water partition coefficient (Wildman–Crippen LogP) is 1.77. The van der Waals surface area contributed by atoms with Crippen LogP contribution in [0.15, 0.2) is 28.9 Å². The lowest BCUT2D eigenvalue weighted by Gasteiger charge is -2.22. The molecule has 1 saturated heterocycles. The van der Waals surface area contributed by atoms with Crippen molar-refractivity contribution in [3.05, 3.63) is 29.0 Å². The van der Waals surface area contributed by atoms with Gasteiger partial charge in [0.1, 0.15) is 4.90 Å². The second kappa shape index (κ2) is 7.08. The zero-order valence-corrected chi connectivity index (χ0v) is 14.5. The fourth-order valence-electron chi connectivity index (χ4n) is 2.49. The van der Waals surface area contributed by atoms with E-state index in [9.17, 15) is 8.42 Å². The standard InChI is InChI=1S/C14H20N4O3S2/c1-11(14-15-4-7-22-14)8-17-23(19,20)13-9-16-18(10-13)12-2-5-21-6-3-12/h4,7,9-12,17H,2-3,5-6,8H2,1H3. The Kier molecular flexibility index (Phi) is 5.10. The average Bonchev–Trinajstić information content (AvgIpc) is 3.25. The van der Waals surface area contributed by atoms with Crippen LogP contribution in [0.3, 0.4) is 0 Å². The minimum Gasteiger partial charge on any atom is -0.381 e. The van der Waals surface area contributed by atoms with E-state index in [-0.39, 0.29) is 16.9 Å². The smallest absolute Gasteiger partial charge is 0.243 e. The third kappa shape index (κ3) is 3.97. The molecule has 1 atom stereocenters. The SMILES string of the molecule is CC(CNS(=O)(=O)c1cnn(C2CCOCC2)c1)c1nccs1. The van der Waals surface area contributed by atoms with Crippen LogP contribution in [0.1, 0.15) is 36.7 Å². The molecule has 126 valence electrons. The van der Waals surface area contributed by atoms with E-state index in [0.717, 1.165) is 17.8 Å². The van der Waals surface area contributed by atoms with Crippen LogP contribution in [0.25, 0.3) is 0 Å². The molecule has 1 aliphatic rings. The van der Waals surface area contributed by atoms with Crippen molar-refractivity contribution in [3.63, 3.8) is 0 Å². The first-order valence-electron chi connectivity index (χ1n) is 7.57. The molecule has 7 nitrogen and oxygen atoms in total. The minimum atomic E-state index is -3.55. The molecule has 2 aromatic heterocycles. The van der Waals surface area contributed by atoms with E-state index >= 15 is 0 Å². The van der Waals surface area contributed by atoms with Gasteiger partial charge in [-0.2, -0.15) is 5.10 Å². The molecule has 0 spiro atoms. The highest BCUT2D eigenvalue weighted by Gasteiger charge is 2.22. The van der Waals surface area contributed by atoms with Crippen molar-refractivity contribution in [2.75, 3.05) is 19.8 Å². The van der Waals surface area contributed by atoms with Crippen molar-refractivity contribution >= 4 is 21.4 Å². The number of hydrogen-bond acceptors (Lipinski definition) is 6. The molecule has 1 aliphatic heterocycles. The van der Waals surface area contributed by atoms with E-state index in [1.807, 2.05) is 12.3 Å². The molecule has 0 saturated carbocycles. The minimum absolute atomic E-state index is 0.0373. The number of nitrogens with zero attached hydrogens (tertiary/aromatic N) is 3. The summed E-state index contributed by atoms with van der Waals surface area (Å²) in [4.78, 5) is 4.41. The van der Waals surface area contributed by atoms with Gasteiger partial charge in [-0.05, 0) is 12.8 Å². The van der Waals surface area contributed by atoms with Crippen LogP contribution in [0.5, 0.6) is 0 Å². The fourth-order valence-corrected chi connectivity index (χ4v) is 4.26. The molecular formula is C14H20N4O3S2. The van der Waals surface area contributed by atoms with Crippen LogP contribution >= 0.6 is 11.3 Å². The lowest BCUT2D eigenvalue weighted by atomic mass is 10.1. The summed E-state index contributed by atoms with van der Waals surface area (Å²) in [6, 6.07) is 0.210. The number of sulfonamides is 1. The average molecular weight is 356 g/mol. The Morgan fingerprint density at radius 2 is 2.26 bits per heavy atom. The summed E-state index contributed by atoms with van der Waals surface area (Å²) in [6.07, 6.45) is 6.45. The van der Waals surface area contributed by atoms with Crippen molar-refractivity contribution < 1.29 is 13.2 Å². The molecule has 1 unspecified atom stereocenters. The second-order valence-electron chi connectivity index (χ2n) is 5.62. The molecule has 23 heavy (non-hydrogen) atoms. The number of thiazole rings is 1. The molecule has 0 amide bonds. The highest BCUT2D eigenvalue weighted by Crippen LogP contribution is 2.22. The van der Waals surface area contributed by atoms with Gasteiger partial charge in [0.05, 0.1) is 17.2 Å². The van der Waals surface area contributed by atoms with Gasteiger partial charge in [-0.25, -0.2) is 18.1 Å². The number of rotatable bonds is 6. The number of aromatic nitrogens is 3. The first kappa shape index (κ1) is 16.6. The highest BCUT2D eigenvalue weighted by atomic mass is 32.2. The molecule has 3 rings (SSSR count). The van der Waals surface area contributed by atoms with Gasteiger partial charge in [0, 0.05) is 43.5 Å². The number of ether oxygens (including phenoxy) is 1. The van der Waals surface area contributed by atoms with E-state index in [0.29, 0.717) is 19.8 Å². The zero-order valence-electron chi connectivity index (χ0n) is 12.9. The maximum absolute atomic E-state index is 12.4. The van der Waals surface area contributed by atoms with Crippen LogP contribution < -0.4 is 4.72 Å². The summed E-state index contributed by atoms with van der Waals surface area (Å²) >= 11 is 1.53. The van der Waals surface area contributed by atoms with Gasteiger partial charge < -0.3 is 4.74 Å². The van der Waals surface area contributed by atoms with Gasteiger partial charge in [0.15, 0.2) is 0 Å². The van der Waals surface area contributed by atoms with Crippen LogP contribution in [0.2, 0.25) is 0 Å². The van der Waals surface area contributed by atoms with E-state index in [2.05, 4.69) is 14.8 Å². The van der Waals surface area contributed by atoms with Crippen LogP contribution in [0.4, 0.5) is 0 Å². The molecule has 2 aromatic rings. The molecule has 0 aromatic carbocycles. The van der Waals surface area contributed by atoms with E-state index in [1.165, 1.54) is 17.5 Å². The Hall–Kier alpha value is -1.29. The van der Waals surface area contributed by atoms with Gasteiger partial charge in [0.2, 0.25) is 10.0 Å².